The van der Waals surface area contributed by atoms with Crippen LogP contribution >= 0.6 is 0 Å². The zero-order valence-corrected chi connectivity index (χ0v) is 50.0. The highest BCUT2D eigenvalue weighted by Gasteiger charge is 2.52. The first-order valence-electron chi connectivity index (χ1n) is 31.6. The molecule has 0 aliphatic heterocycles. The molecule has 1 atom stereocenters. The predicted octanol–water partition coefficient (Wildman–Crippen LogP) is 20.6. The van der Waals surface area contributed by atoms with E-state index in [1.807, 2.05) is 0 Å². The highest BCUT2D eigenvalue weighted by atomic mass is 19.2. The van der Waals surface area contributed by atoms with Crippen LogP contribution in [0.4, 0.5) is 93.5 Å². The van der Waals surface area contributed by atoms with Crippen molar-refractivity contribution in [3.05, 3.63) is 147 Å². The van der Waals surface area contributed by atoms with E-state index in [4.69, 9.17) is 1.37 Å². The Balaban J connectivity index is 0.000000381. The molecular formula is C66H80BF20N. The van der Waals surface area contributed by atoms with Gasteiger partial charge in [-0.15, -0.1) is 21.9 Å². The molecule has 22 heteroatoms. The average Bonchev–Trinajstić information content (AvgIpc) is 0.707. The Hall–Kier alpha value is -5.28. The molecule has 1 unspecified atom stereocenters. The molecule has 0 spiro atoms. The van der Waals surface area contributed by atoms with Crippen LogP contribution in [-0.4, -0.2) is 26.3 Å². The monoisotopic (exact) mass is 1280 g/mol. The Labute approximate surface area is 505 Å². The molecule has 0 bridgehead atoms. The number of unbranched alkanes of at least 4 members (excludes halogenated alkanes) is 29. The maximum Gasteiger partial charge on any atom is 0.200 e. The van der Waals surface area contributed by atoms with Crippen molar-refractivity contribution < 1.29 is 89.2 Å². The molecule has 5 aromatic carbocycles. The van der Waals surface area contributed by atoms with Crippen molar-refractivity contribution in [1.29, 1.82) is 0 Å². The normalized spacial score (nSPS) is 12.6. The average molecular weight is 1280 g/mol. The second-order valence-electron chi connectivity index (χ2n) is 23.0. The lowest BCUT2D eigenvalue weighted by molar-refractivity contribution is 0.310. The van der Waals surface area contributed by atoms with Crippen LogP contribution in [0, 0.1) is 116 Å². The smallest absolute Gasteiger partial charge is 0.200 e. The number of hydrogen-bond acceptors (Lipinski definition) is 0. The minimum atomic E-state index is -7.22. The standard InChI is InChI=1S/C42H80N.C24BF20/c1-4-6-8-10-12-14-16-18-20-21-22-24-26-28-30-32-37-41-43(3,42-38-34-33-35-39-42)40-36-31-29-27-25-23-19-17-15-13-11-9-7-5-2;26-5-1(6(27)14(35)21(42)13(5)34)25(2-7(28)15(36)22(43)16(37)8(2)29,3-9(30)17(38)23(44)18(39)10(3)31)4-11(32)19(40)24(45)20(41)12(4)33/h33-35,38-39H,4-32,36-37,40-41H2,1-3H3;/q+1;-1/i3D;. The third kappa shape index (κ3) is 18.7. The van der Waals surface area contributed by atoms with Crippen molar-refractivity contribution >= 4 is 33.7 Å². The molecular weight excluding hydrogens is 1200 g/mol. The molecule has 0 heterocycles. The molecule has 0 aliphatic rings. The van der Waals surface area contributed by atoms with E-state index in [0.717, 1.165) is 17.6 Å². The second kappa shape index (κ2) is 37.2. The van der Waals surface area contributed by atoms with Crippen LogP contribution in [0.25, 0.3) is 0 Å². The van der Waals surface area contributed by atoms with Gasteiger partial charge in [0, 0.05) is 0 Å². The number of hydrogen-bond donors (Lipinski definition) is 0. The van der Waals surface area contributed by atoms with E-state index < -0.39 is 144 Å². The van der Waals surface area contributed by atoms with Crippen LogP contribution < -0.4 is 26.3 Å². The Morgan fingerprint density at radius 2 is 0.420 bits per heavy atom. The minimum Gasteiger partial charge on any atom is -0.294 e. The Morgan fingerprint density at radius 3 is 0.602 bits per heavy atom. The van der Waals surface area contributed by atoms with Crippen molar-refractivity contribution in [3.63, 3.8) is 0 Å². The molecule has 0 aromatic heterocycles. The summed E-state index contributed by atoms with van der Waals surface area (Å²) in [5.41, 5.74) is -13.0. The first-order chi connectivity index (χ1) is 42.5. The third-order valence-electron chi connectivity index (χ3n) is 16.6. The van der Waals surface area contributed by atoms with E-state index in [9.17, 15) is 52.7 Å². The molecule has 1 nitrogen and oxygen atoms in total. The molecule has 0 N–H and O–H groups in total. The molecule has 88 heavy (non-hydrogen) atoms. The summed E-state index contributed by atoms with van der Waals surface area (Å²) in [5.74, 6) is -71.4. The molecule has 0 aliphatic carbocycles. The van der Waals surface area contributed by atoms with Gasteiger partial charge in [-0.05, 0) is 37.8 Å². The summed E-state index contributed by atoms with van der Waals surface area (Å²) in [6.07, 6.45) is 36.7. The fourth-order valence-corrected chi connectivity index (χ4v) is 11.7. The predicted molar refractivity (Wildman–Crippen MR) is 308 cm³/mol. The quantitative estimate of drug-likeness (QED) is 0.00923. The molecule has 0 saturated carbocycles. The molecule has 0 saturated heterocycles. The summed E-state index contributed by atoms with van der Waals surface area (Å²) in [6, 6.07) is 11.1. The largest absolute Gasteiger partial charge is 0.294 e. The number of halogens is 20. The molecule has 0 fully saturated rings. The first-order valence-corrected chi connectivity index (χ1v) is 30.9. The van der Waals surface area contributed by atoms with Crippen molar-refractivity contribution in [1.82, 2.24) is 4.48 Å². The second-order valence-corrected chi connectivity index (χ2v) is 23.0. The van der Waals surface area contributed by atoms with Gasteiger partial charge in [-0.3, -0.25) is 4.48 Å². The lowest BCUT2D eigenvalue weighted by Crippen LogP contribution is -2.81. The van der Waals surface area contributed by atoms with Crippen LogP contribution in [0.15, 0.2) is 30.3 Å². The van der Waals surface area contributed by atoms with Gasteiger partial charge in [-0.2, -0.15) is 0 Å². The fourth-order valence-electron chi connectivity index (χ4n) is 11.7. The Kier molecular flexibility index (Phi) is 31.0. The van der Waals surface area contributed by atoms with E-state index in [2.05, 4.69) is 44.2 Å². The molecule has 0 radical (unpaired) electrons. The summed E-state index contributed by atoms with van der Waals surface area (Å²) in [4.78, 5) is 0. The van der Waals surface area contributed by atoms with Crippen molar-refractivity contribution in [2.24, 2.45) is 0 Å². The number of nitrogens with zero attached hydrogens (tertiary/aromatic N) is 1. The van der Waals surface area contributed by atoms with Gasteiger partial charge in [0.05, 0.1) is 21.5 Å². The topological polar surface area (TPSA) is 0 Å². The van der Waals surface area contributed by atoms with Gasteiger partial charge in [-0.1, -0.05) is 205 Å². The highest BCUT2D eigenvalue weighted by Crippen LogP contribution is 2.32. The summed E-state index contributed by atoms with van der Waals surface area (Å²) in [6.45, 7) is 6.89. The van der Waals surface area contributed by atoms with Gasteiger partial charge in [-0.25, -0.2) is 87.8 Å². The van der Waals surface area contributed by atoms with Crippen molar-refractivity contribution in [3.8, 4) is 0 Å². The van der Waals surface area contributed by atoms with E-state index in [0.29, 0.717) is 7.02 Å². The van der Waals surface area contributed by atoms with Gasteiger partial charge in [0.2, 0.25) is 0 Å². The Bertz CT molecular complexity index is 2620. The minimum absolute atomic E-state index is 0.487. The van der Waals surface area contributed by atoms with Crippen LogP contribution in [0.3, 0.4) is 0 Å². The van der Waals surface area contributed by atoms with Gasteiger partial charge in [0.15, 0.2) is 69.8 Å². The summed E-state index contributed by atoms with van der Waals surface area (Å²) >= 11 is 0. The lowest BCUT2D eigenvalue weighted by atomic mass is 9.12. The van der Waals surface area contributed by atoms with Crippen molar-refractivity contribution in [2.75, 3.05) is 20.1 Å². The SMILES string of the molecule is Fc1c(F)c(F)c([B-](c2c(F)c(F)c(F)c(F)c2F)(c2c(F)c(F)c(F)c(F)c2F)c2c(F)c(F)c(F)c(F)c2F)c(F)c1F.[2H]C[N+](CCCCCCCCCCCCCCCC)(CCCCCCCCCCCCCCCCCCC)c1ccccc1. The van der Waals surface area contributed by atoms with Crippen LogP contribution in [0.5, 0.6) is 0 Å². The van der Waals surface area contributed by atoms with E-state index in [1.54, 1.807) is 0 Å². The van der Waals surface area contributed by atoms with Crippen LogP contribution in [0.1, 0.15) is 214 Å². The molecule has 5 rings (SSSR count). The fraction of sp³-hybridized carbons (Fsp3) is 0.545. The zero-order valence-electron chi connectivity index (χ0n) is 51.0. The Morgan fingerprint density at radius 1 is 0.250 bits per heavy atom. The van der Waals surface area contributed by atoms with Gasteiger partial charge < -0.3 is 0 Å². The van der Waals surface area contributed by atoms with Gasteiger partial charge in [0.1, 0.15) is 58.4 Å². The third-order valence-corrected chi connectivity index (χ3v) is 16.6. The molecule has 5 aromatic rings. The zero-order chi connectivity index (χ0) is 66.0. The summed E-state index contributed by atoms with van der Waals surface area (Å²) in [5, 5.41) is 0. The maximum absolute atomic E-state index is 15.4. The number of quaternary nitrogens is 1. The van der Waals surface area contributed by atoms with E-state index >= 15 is 35.1 Å². The molecule has 0 amide bonds. The summed E-state index contributed by atoms with van der Waals surface area (Å²) < 4.78 is 303. The highest BCUT2D eigenvalue weighted by molar-refractivity contribution is 7.20. The van der Waals surface area contributed by atoms with Crippen LogP contribution in [-0.2, 0) is 0 Å². The first kappa shape index (κ1) is 73.5. The van der Waals surface area contributed by atoms with E-state index in [1.165, 1.54) is 205 Å². The number of rotatable bonds is 38. The number of para-hydroxylation sites is 1. The maximum atomic E-state index is 15.4. The lowest BCUT2D eigenvalue weighted by Gasteiger charge is -2.44. The van der Waals surface area contributed by atoms with Crippen LogP contribution in [0.2, 0.25) is 0 Å². The van der Waals surface area contributed by atoms with Gasteiger partial charge >= 0.3 is 0 Å². The number of benzene rings is 5. The van der Waals surface area contributed by atoms with Crippen molar-refractivity contribution in [2.45, 2.75) is 213 Å². The van der Waals surface area contributed by atoms with E-state index in [-0.39, 0.29) is 0 Å². The van der Waals surface area contributed by atoms with Gasteiger partial charge in [0.25, 0.3) is 0 Å². The molecule has 492 valence electrons. The summed E-state index contributed by atoms with van der Waals surface area (Å²) in [7, 11) is 0.487.